The van der Waals surface area contributed by atoms with Crippen LogP contribution in [0, 0.1) is 0 Å². The molecule has 0 saturated carbocycles. The first-order chi connectivity index (χ1) is 10.2. The summed E-state index contributed by atoms with van der Waals surface area (Å²) in [6, 6.07) is 8.01. The predicted octanol–water partition coefficient (Wildman–Crippen LogP) is 1.75. The van der Waals surface area contributed by atoms with E-state index in [2.05, 4.69) is 14.9 Å². The third-order valence-electron chi connectivity index (χ3n) is 3.43. The highest BCUT2D eigenvalue weighted by atomic mass is 35.5. The van der Waals surface area contributed by atoms with E-state index in [4.69, 9.17) is 10.5 Å². The summed E-state index contributed by atoms with van der Waals surface area (Å²) in [4.78, 5) is 16.0. The molecule has 0 aliphatic heterocycles. The van der Waals surface area contributed by atoms with Gasteiger partial charge in [0, 0.05) is 26.7 Å². The number of aromatic nitrogens is 2. The van der Waals surface area contributed by atoms with Crippen LogP contribution >= 0.6 is 24.8 Å². The number of imidazole rings is 1. The van der Waals surface area contributed by atoms with Crippen molar-refractivity contribution in [2.75, 3.05) is 20.2 Å². The second-order valence-electron chi connectivity index (χ2n) is 4.93. The Morgan fingerprint density at radius 1 is 1.39 bits per heavy atom. The van der Waals surface area contributed by atoms with Gasteiger partial charge in [-0.25, -0.2) is 4.98 Å². The Morgan fingerprint density at radius 3 is 2.83 bits per heavy atom. The number of nitrogens with zero attached hydrogens (tertiary/aromatic N) is 2. The fourth-order valence-corrected chi connectivity index (χ4v) is 2.21. The number of nitrogens with one attached hydrogen (secondary N) is 1. The smallest absolute Gasteiger partial charge is 0.222 e. The summed E-state index contributed by atoms with van der Waals surface area (Å²) in [5.74, 6) is -0.0252. The number of hydrogen-bond donors (Lipinski definition) is 2. The van der Waals surface area contributed by atoms with E-state index in [0.29, 0.717) is 19.5 Å². The molecule has 2 rings (SSSR count). The number of carbonyl (C=O) groups excluding carboxylic acids is 1. The van der Waals surface area contributed by atoms with Crippen LogP contribution in [-0.4, -0.2) is 41.8 Å². The van der Waals surface area contributed by atoms with E-state index in [1.165, 1.54) is 0 Å². The summed E-state index contributed by atoms with van der Waals surface area (Å²) in [5.41, 5.74) is 7.60. The van der Waals surface area contributed by atoms with Gasteiger partial charge in [-0.3, -0.25) is 4.79 Å². The zero-order valence-corrected chi connectivity index (χ0v) is 14.7. The number of hydrogen-bond acceptors (Lipinski definition) is 4. The molecule has 1 aromatic heterocycles. The molecule has 130 valence electrons. The topological polar surface area (TPSA) is 82.2 Å². The molecule has 0 aliphatic rings. The average Bonchev–Trinajstić information content (AvgIpc) is 2.92. The molecule has 8 heteroatoms. The summed E-state index contributed by atoms with van der Waals surface area (Å²) in [7, 11) is 1.56. The maximum absolute atomic E-state index is 11.7. The number of benzene rings is 1. The fourth-order valence-electron chi connectivity index (χ4n) is 2.21. The molecule has 0 bridgehead atoms. The highest BCUT2D eigenvalue weighted by Crippen LogP contribution is 2.11. The number of ether oxygens (including phenoxy) is 1. The monoisotopic (exact) mass is 362 g/mol. The van der Waals surface area contributed by atoms with Crippen molar-refractivity contribution in [3.63, 3.8) is 0 Å². The van der Waals surface area contributed by atoms with Crippen molar-refractivity contribution in [1.29, 1.82) is 0 Å². The second-order valence-corrected chi connectivity index (χ2v) is 4.93. The van der Waals surface area contributed by atoms with Gasteiger partial charge in [-0.05, 0) is 18.6 Å². The highest BCUT2D eigenvalue weighted by Gasteiger charge is 2.10. The van der Waals surface area contributed by atoms with Crippen molar-refractivity contribution in [2.24, 2.45) is 5.73 Å². The van der Waals surface area contributed by atoms with Crippen LogP contribution in [0.2, 0.25) is 0 Å². The third-order valence-corrected chi connectivity index (χ3v) is 3.43. The number of para-hydroxylation sites is 2. The first-order valence-electron chi connectivity index (χ1n) is 7.14. The molecule has 1 amide bonds. The highest BCUT2D eigenvalue weighted by molar-refractivity contribution is 5.85. The van der Waals surface area contributed by atoms with Gasteiger partial charge in [0.1, 0.15) is 0 Å². The molecule has 1 atom stereocenters. The number of carbonyl (C=O) groups is 1. The first-order valence-corrected chi connectivity index (χ1v) is 7.14. The normalized spacial score (nSPS) is 11.4. The van der Waals surface area contributed by atoms with Crippen LogP contribution < -0.4 is 11.1 Å². The number of fused-ring (bicyclic) bond motifs is 1. The van der Waals surface area contributed by atoms with E-state index >= 15 is 0 Å². The number of halogens is 2. The molecule has 2 aromatic rings. The van der Waals surface area contributed by atoms with Crippen LogP contribution in [0.5, 0.6) is 0 Å². The molecule has 1 heterocycles. The van der Waals surface area contributed by atoms with Crippen molar-refractivity contribution < 1.29 is 9.53 Å². The minimum Gasteiger partial charge on any atom is -0.380 e. The van der Waals surface area contributed by atoms with Crippen LogP contribution in [0.15, 0.2) is 30.6 Å². The number of rotatable bonds is 8. The molecule has 0 spiro atoms. The summed E-state index contributed by atoms with van der Waals surface area (Å²) < 4.78 is 7.18. The second kappa shape index (κ2) is 11.2. The molecule has 0 fully saturated rings. The lowest BCUT2D eigenvalue weighted by Crippen LogP contribution is -2.32. The molecule has 6 nitrogen and oxygen atoms in total. The van der Waals surface area contributed by atoms with Crippen LogP contribution in [-0.2, 0) is 16.1 Å². The van der Waals surface area contributed by atoms with E-state index in [0.717, 1.165) is 24.0 Å². The van der Waals surface area contributed by atoms with Gasteiger partial charge in [0.2, 0.25) is 5.91 Å². The van der Waals surface area contributed by atoms with Crippen LogP contribution in [0.4, 0.5) is 0 Å². The zero-order chi connectivity index (χ0) is 15.1. The van der Waals surface area contributed by atoms with Crippen molar-refractivity contribution in [2.45, 2.75) is 25.5 Å². The lowest BCUT2D eigenvalue weighted by Gasteiger charge is -2.12. The van der Waals surface area contributed by atoms with Crippen molar-refractivity contribution >= 4 is 41.8 Å². The van der Waals surface area contributed by atoms with Gasteiger partial charge < -0.3 is 20.4 Å². The molecule has 3 N–H and O–H groups in total. The van der Waals surface area contributed by atoms with E-state index in [1.807, 2.05) is 30.6 Å². The number of methoxy groups -OCH3 is 1. The molecule has 0 saturated heterocycles. The van der Waals surface area contributed by atoms with Crippen molar-refractivity contribution in [3.05, 3.63) is 30.6 Å². The van der Waals surface area contributed by atoms with Gasteiger partial charge >= 0.3 is 0 Å². The molecule has 0 radical (unpaired) electrons. The SMILES string of the molecule is COC(CN)CC(=O)NCCCn1cnc2ccccc21.Cl.Cl. The summed E-state index contributed by atoms with van der Waals surface area (Å²) >= 11 is 0. The van der Waals surface area contributed by atoms with Crippen LogP contribution in [0.25, 0.3) is 11.0 Å². The zero-order valence-electron chi connectivity index (χ0n) is 13.1. The van der Waals surface area contributed by atoms with Gasteiger partial charge in [0.25, 0.3) is 0 Å². The molecule has 23 heavy (non-hydrogen) atoms. The largest absolute Gasteiger partial charge is 0.380 e. The van der Waals surface area contributed by atoms with Gasteiger partial charge in [0.05, 0.1) is 29.9 Å². The molecule has 0 aliphatic carbocycles. The summed E-state index contributed by atoms with van der Waals surface area (Å²) in [6.45, 7) is 1.81. The van der Waals surface area contributed by atoms with Gasteiger partial charge in [0.15, 0.2) is 0 Å². The molecule has 1 unspecified atom stereocenters. The molecule has 1 aromatic carbocycles. The number of amides is 1. The van der Waals surface area contributed by atoms with Crippen molar-refractivity contribution in [1.82, 2.24) is 14.9 Å². The standard InChI is InChI=1S/C15H22N4O2.2ClH/c1-21-12(10-16)9-15(20)17-7-4-8-19-11-18-13-5-2-3-6-14(13)19;;/h2-3,5-6,11-12H,4,7-10,16H2,1H3,(H,17,20);2*1H. The molecular formula is C15H24Cl2N4O2. The predicted molar refractivity (Wildman–Crippen MR) is 96.3 cm³/mol. The average molecular weight is 363 g/mol. The van der Waals surface area contributed by atoms with Crippen LogP contribution in [0.1, 0.15) is 12.8 Å². The van der Waals surface area contributed by atoms with E-state index < -0.39 is 0 Å². The van der Waals surface area contributed by atoms with Gasteiger partial charge in [-0.15, -0.1) is 24.8 Å². The Bertz CT molecular complexity index is 588. The van der Waals surface area contributed by atoms with Gasteiger partial charge in [-0.1, -0.05) is 12.1 Å². The van der Waals surface area contributed by atoms with Crippen molar-refractivity contribution in [3.8, 4) is 0 Å². The summed E-state index contributed by atoms with van der Waals surface area (Å²) in [6.07, 6.45) is 2.79. The quantitative estimate of drug-likeness (QED) is 0.700. The van der Waals surface area contributed by atoms with E-state index in [-0.39, 0.29) is 36.8 Å². The Kier molecular flexibility index (Phi) is 10.6. The minimum absolute atomic E-state index is 0. The summed E-state index contributed by atoms with van der Waals surface area (Å²) in [5, 5.41) is 2.88. The number of nitrogens with two attached hydrogens (primary N) is 1. The Balaban J connectivity index is 0.00000242. The number of aryl methyl sites for hydroxylation is 1. The maximum atomic E-state index is 11.7. The van der Waals surface area contributed by atoms with E-state index in [1.54, 1.807) is 7.11 Å². The third kappa shape index (κ3) is 6.35. The maximum Gasteiger partial charge on any atom is 0.222 e. The van der Waals surface area contributed by atoms with Gasteiger partial charge in [-0.2, -0.15) is 0 Å². The Labute approximate surface area is 148 Å². The Hall–Kier alpha value is -1.34. The minimum atomic E-state index is -0.206. The lowest BCUT2D eigenvalue weighted by molar-refractivity contribution is -0.123. The van der Waals surface area contributed by atoms with Crippen LogP contribution in [0.3, 0.4) is 0 Å². The Morgan fingerprint density at radius 2 is 2.13 bits per heavy atom. The lowest BCUT2D eigenvalue weighted by atomic mass is 10.2. The molecular weight excluding hydrogens is 339 g/mol. The first kappa shape index (κ1) is 21.7. The fraction of sp³-hybridized carbons (Fsp3) is 0.467. The van der Waals surface area contributed by atoms with E-state index in [9.17, 15) is 4.79 Å².